The number of urea groups is 1. The highest BCUT2D eigenvalue weighted by atomic mass is 32.1. The highest BCUT2D eigenvalue weighted by Gasteiger charge is 2.28. The SMILES string of the molecule is COc1cncc(OC2CCN(C(=O)Nc3cccs3)C2)n1. The van der Waals surface area contributed by atoms with Crippen LogP contribution >= 0.6 is 11.3 Å². The molecule has 1 aliphatic rings. The summed E-state index contributed by atoms with van der Waals surface area (Å²) in [6, 6.07) is 3.67. The lowest BCUT2D eigenvalue weighted by Crippen LogP contribution is -2.34. The molecule has 0 spiro atoms. The van der Waals surface area contributed by atoms with Crippen molar-refractivity contribution in [3.05, 3.63) is 29.9 Å². The number of thiophene rings is 1. The van der Waals surface area contributed by atoms with Crippen molar-refractivity contribution in [3.8, 4) is 11.8 Å². The maximum atomic E-state index is 12.1. The van der Waals surface area contributed by atoms with Crippen molar-refractivity contribution in [1.29, 1.82) is 0 Å². The summed E-state index contributed by atoms with van der Waals surface area (Å²) in [5.74, 6) is 0.813. The van der Waals surface area contributed by atoms with Crippen LogP contribution in [0, 0.1) is 0 Å². The summed E-state index contributed by atoms with van der Waals surface area (Å²) in [6.45, 7) is 1.18. The molecule has 0 bridgehead atoms. The van der Waals surface area contributed by atoms with E-state index in [1.54, 1.807) is 4.90 Å². The average molecular weight is 320 g/mol. The quantitative estimate of drug-likeness (QED) is 0.935. The van der Waals surface area contributed by atoms with Crippen molar-refractivity contribution in [3.63, 3.8) is 0 Å². The molecular formula is C14H16N4O3S. The minimum absolute atomic E-state index is 0.0875. The zero-order chi connectivity index (χ0) is 15.4. The Morgan fingerprint density at radius 2 is 2.32 bits per heavy atom. The molecule has 1 aliphatic heterocycles. The van der Waals surface area contributed by atoms with Crippen LogP contribution in [0.5, 0.6) is 11.8 Å². The lowest BCUT2D eigenvalue weighted by molar-refractivity contribution is 0.188. The fourth-order valence-electron chi connectivity index (χ4n) is 2.20. The Morgan fingerprint density at radius 1 is 1.45 bits per heavy atom. The Labute approximate surface area is 131 Å². The van der Waals surface area contributed by atoms with Gasteiger partial charge in [0.2, 0.25) is 11.8 Å². The fraction of sp³-hybridized carbons (Fsp3) is 0.357. The van der Waals surface area contributed by atoms with Crippen LogP contribution in [-0.2, 0) is 0 Å². The van der Waals surface area contributed by atoms with Crippen LogP contribution < -0.4 is 14.8 Å². The van der Waals surface area contributed by atoms with E-state index in [0.29, 0.717) is 24.8 Å². The van der Waals surface area contributed by atoms with Crippen LogP contribution in [0.1, 0.15) is 6.42 Å². The molecule has 0 aromatic carbocycles. The van der Waals surface area contributed by atoms with Gasteiger partial charge in [-0.2, -0.15) is 4.98 Å². The van der Waals surface area contributed by atoms with Gasteiger partial charge in [-0.3, -0.25) is 10.3 Å². The summed E-state index contributed by atoms with van der Waals surface area (Å²) in [6.07, 6.45) is 3.73. The maximum absolute atomic E-state index is 12.1. The molecule has 1 unspecified atom stereocenters. The Kier molecular flexibility index (Phi) is 4.38. The number of hydrogen-bond acceptors (Lipinski definition) is 6. The third-order valence-corrected chi connectivity index (χ3v) is 4.06. The van der Waals surface area contributed by atoms with Gasteiger partial charge in [0.05, 0.1) is 31.0 Å². The van der Waals surface area contributed by atoms with Gasteiger partial charge in [0.1, 0.15) is 6.10 Å². The van der Waals surface area contributed by atoms with Crippen molar-refractivity contribution in [1.82, 2.24) is 14.9 Å². The molecule has 2 aromatic rings. The average Bonchev–Trinajstić information content (AvgIpc) is 3.19. The summed E-state index contributed by atoms with van der Waals surface area (Å²) in [5, 5.41) is 5.63. The van der Waals surface area contributed by atoms with E-state index in [0.717, 1.165) is 11.4 Å². The smallest absolute Gasteiger partial charge is 0.322 e. The molecule has 1 fully saturated rings. The predicted octanol–water partition coefficient (Wildman–Crippen LogP) is 2.23. The van der Waals surface area contributed by atoms with Gasteiger partial charge in [0.15, 0.2) is 0 Å². The third kappa shape index (κ3) is 3.45. The second-order valence-corrected chi connectivity index (χ2v) is 5.73. The molecule has 0 aliphatic carbocycles. The monoisotopic (exact) mass is 320 g/mol. The summed E-state index contributed by atoms with van der Waals surface area (Å²) >= 11 is 1.50. The topological polar surface area (TPSA) is 76.6 Å². The van der Waals surface area contributed by atoms with Crippen molar-refractivity contribution >= 4 is 22.4 Å². The third-order valence-electron chi connectivity index (χ3n) is 3.27. The first-order chi connectivity index (χ1) is 10.7. The Bertz CT molecular complexity index is 635. The molecule has 1 saturated heterocycles. The van der Waals surface area contributed by atoms with Gasteiger partial charge in [-0.1, -0.05) is 0 Å². The lowest BCUT2D eigenvalue weighted by Gasteiger charge is -2.17. The summed E-state index contributed by atoms with van der Waals surface area (Å²) in [4.78, 5) is 22.0. The van der Waals surface area contributed by atoms with E-state index in [2.05, 4.69) is 15.3 Å². The van der Waals surface area contributed by atoms with Crippen LogP contribution in [0.4, 0.5) is 9.80 Å². The minimum Gasteiger partial charge on any atom is -0.480 e. The van der Waals surface area contributed by atoms with E-state index >= 15 is 0 Å². The summed E-state index contributed by atoms with van der Waals surface area (Å²) in [5.41, 5.74) is 0. The number of rotatable bonds is 4. The number of likely N-dealkylation sites (tertiary alicyclic amines) is 1. The number of anilines is 1. The molecule has 8 heteroatoms. The Balaban J connectivity index is 1.54. The molecule has 7 nitrogen and oxygen atoms in total. The van der Waals surface area contributed by atoms with E-state index in [1.165, 1.54) is 30.8 Å². The summed E-state index contributed by atoms with van der Waals surface area (Å²) in [7, 11) is 1.53. The molecule has 0 saturated carbocycles. The first-order valence-electron chi connectivity index (χ1n) is 6.87. The minimum atomic E-state index is -0.106. The first-order valence-corrected chi connectivity index (χ1v) is 7.74. The van der Waals surface area contributed by atoms with Gasteiger partial charge < -0.3 is 14.4 Å². The largest absolute Gasteiger partial charge is 0.480 e. The van der Waals surface area contributed by atoms with E-state index in [1.807, 2.05) is 17.5 Å². The molecule has 1 N–H and O–H groups in total. The van der Waals surface area contributed by atoms with Gasteiger partial charge in [-0.05, 0) is 17.5 Å². The van der Waals surface area contributed by atoms with Crippen molar-refractivity contribution < 1.29 is 14.3 Å². The molecule has 1 atom stereocenters. The van der Waals surface area contributed by atoms with E-state index < -0.39 is 0 Å². The Hall–Kier alpha value is -2.35. The molecule has 2 aromatic heterocycles. The normalized spacial score (nSPS) is 17.3. The summed E-state index contributed by atoms with van der Waals surface area (Å²) < 4.78 is 10.8. The van der Waals surface area contributed by atoms with E-state index in [9.17, 15) is 4.79 Å². The number of carbonyl (C=O) groups excluding carboxylic acids is 1. The highest BCUT2D eigenvalue weighted by molar-refractivity contribution is 7.14. The number of nitrogens with one attached hydrogen (secondary N) is 1. The van der Waals surface area contributed by atoms with Crippen molar-refractivity contribution in [2.45, 2.75) is 12.5 Å². The van der Waals surface area contributed by atoms with Gasteiger partial charge in [-0.15, -0.1) is 11.3 Å². The number of hydrogen-bond donors (Lipinski definition) is 1. The van der Waals surface area contributed by atoms with Crippen LogP contribution in [0.2, 0.25) is 0 Å². The van der Waals surface area contributed by atoms with Crippen LogP contribution in [0.15, 0.2) is 29.9 Å². The zero-order valence-corrected chi connectivity index (χ0v) is 12.9. The van der Waals surface area contributed by atoms with Gasteiger partial charge in [-0.25, -0.2) is 4.79 Å². The molecule has 3 heterocycles. The van der Waals surface area contributed by atoms with Crippen LogP contribution in [0.3, 0.4) is 0 Å². The van der Waals surface area contributed by atoms with Crippen molar-refractivity contribution in [2.24, 2.45) is 0 Å². The Morgan fingerprint density at radius 3 is 3.09 bits per heavy atom. The van der Waals surface area contributed by atoms with E-state index in [4.69, 9.17) is 9.47 Å². The number of aromatic nitrogens is 2. The van der Waals surface area contributed by atoms with E-state index in [-0.39, 0.29) is 12.1 Å². The first kappa shape index (κ1) is 14.6. The van der Waals surface area contributed by atoms with Gasteiger partial charge in [0, 0.05) is 13.0 Å². The molecule has 2 amide bonds. The highest BCUT2D eigenvalue weighted by Crippen LogP contribution is 2.20. The van der Waals surface area contributed by atoms with Gasteiger partial charge in [0.25, 0.3) is 0 Å². The molecular weight excluding hydrogens is 304 g/mol. The molecule has 116 valence electrons. The number of ether oxygens (including phenoxy) is 2. The van der Waals surface area contributed by atoms with Crippen molar-refractivity contribution in [2.75, 3.05) is 25.5 Å². The maximum Gasteiger partial charge on any atom is 0.322 e. The molecule has 3 rings (SSSR count). The van der Waals surface area contributed by atoms with Gasteiger partial charge >= 0.3 is 6.03 Å². The standard InChI is InChI=1S/C14H16N4O3S/c1-20-11-7-15-8-12(16-11)21-10-4-5-18(9-10)14(19)17-13-3-2-6-22-13/h2-3,6-8,10H,4-5,9H2,1H3,(H,17,19). The zero-order valence-electron chi connectivity index (χ0n) is 12.1. The van der Waals surface area contributed by atoms with Crippen LogP contribution in [-0.4, -0.2) is 47.2 Å². The second kappa shape index (κ2) is 6.61. The number of amides is 2. The number of carbonyl (C=O) groups is 1. The molecule has 22 heavy (non-hydrogen) atoms. The second-order valence-electron chi connectivity index (χ2n) is 4.78. The van der Waals surface area contributed by atoms with Crippen LogP contribution in [0.25, 0.3) is 0 Å². The number of methoxy groups -OCH3 is 1. The molecule has 0 radical (unpaired) electrons. The number of nitrogens with zero attached hydrogens (tertiary/aromatic N) is 3. The predicted molar refractivity (Wildman–Crippen MR) is 82.5 cm³/mol. The fourth-order valence-corrected chi connectivity index (χ4v) is 2.81. The lowest BCUT2D eigenvalue weighted by atomic mass is 10.3.